The summed E-state index contributed by atoms with van der Waals surface area (Å²) in [6, 6.07) is -0.442. The molecule has 0 atom stereocenters. The van der Waals surface area contributed by atoms with Crippen LogP contribution in [0.5, 0.6) is 0 Å². The van der Waals surface area contributed by atoms with Crippen LogP contribution in [0.15, 0.2) is 0 Å². The molecule has 0 radical (unpaired) electrons. The first-order valence-electron chi connectivity index (χ1n) is 6.03. The average molecular weight is 237 g/mol. The molecule has 2 saturated heterocycles. The maximum atomic E-state index is 11.7. The number of hydrogen-bond donors (Lipinski definition) is 1. The van der Waals surface area contributed by atoms with Crippen molar-refractivity contribution in [3.63, 3.8) is 0 Å². The maximum absolute atomic E-state index is 11.7. The summed E-state index contributed by atoms with van der Waals surface area (Å²) in [5.74, 6) is 0.559. The van der Waals surface area contributed by atoms with Gasteiger partial charge in [0.05, 0.1) is 12.6 Å². The van der Waals surface area contributed by atoms with Crippen molar-refractivity contribution in [2.75, 3.05) is 19.6 Å². The van der Waals surface area contributed by atoms with E-state index in [4.69, 9.17) is 0 Å². The molecule has 1 saturated carbocycles. The zero-order valence-corrected chi connectivity index (χ0v) is 9.52. The van der Waals surface area contributed by atoms with E-state index in [-0.39, 0.29) is 30.4 Å². The molecule has 2 heterocycles. The van der Waals surface area contributed by atoms with Gasteiger partial charge in [0.25, 0.3) is 0 Å². The third-order valence-corrected chi connectivity index (χ3v) is 3.62. The lowest BCUT2D eigenvalue weighted by Gasteiger charge is -2.42. The van der Waals surface area contributed by atoms with Gasteiger partial charge in [0.1, 0.15) is 0 Å². The lowest BCUT2D eigenvalue weighted by Crippen LogP contribution is -2.62. The lowest BCUT2D eigenvalue weighted by atomic mass is 10.1. The molecule has 0 spiro atoms. The second kappa shape index (κ2) is 3.72. The van der Waals surface area contributed by atoms with Gasteiger partial charge >= 0.3 is 6.03 Å². The van der Waals surface area contributed by atoms with Crippen molar-refractivity contribution < 1.29 is 14.4 Å². The molecule has 0 bridgehead atoms. The minimum absolute atomic E-state index is 0.0886. The molecule has 6 heteroatoms. The van der Waals surface area contributed by atoms with E-state index < -0.39 is 0 Å². The van der Waals surface area contributed by atoms with Gasteiger partial charge < -0.3 is 10.2 Å². The van der Waals surface area contributed by atoms with Crippen molar-refractivity contribution in [1.29, 1.82) is 0 Å². The van der Waals surface area contributed by atoms with E-state index in [1.54, 1.807) is 4.90 Å². The van der Waals surface area contributed by atoms with E-state index in [9.17, 15) is 14.4 Å². The second-order valence-corrected chi connectivity index (χ2v) is 5.02. The van der Waals surface area contributed by atoms with Gasteiger partial charge in [-0.05, 0) is 18.8 Å². The number of hydrogen-bond acceptors (Lipinski definition) is 3. The highest BCUT2D eigenvalue weighted by Gasteiger charge is 2.43. The molecule has 0 aromatic carbocycles. The number of imide groups is 1. The van der Waals surface area contributed by atoms with Gasteiger partial charge in [-0.1, -0.05) is 0 Å². The molecule has 4 amide bonds. The Kier molecular flexibility index (Phi) is 2.31. The quantitative estimate of drug-likeness (QED) is 0.676. The lowest BCUT2D eigenvalue weighted by molar-refractivity contribution is -0.142. The highest BCUT2D eigenvalue weighted by atomic mass is 16.2. The Morgan fingerprint density at radius 3 is 2.53 bits per heavy atom. The van der Waals surface area contributed by atoms with E-state index in [1.165, 1.54) is 4.90 Å². The Labute approximate surface area is 98.9 Å². The van der Waals surface area contributed by atoms with Gasteiger partial charge in [0, 0.05) is 19.5 Å². The van der Waals surface area contributed by atoms with Crippen LogP contribution >= 0.6 is 0 Å². The molecule has 2 aliphatic heterocycles. The summed E-state index contributed by atoms with van der Waals surface area (Å²) in [4.78, 5) is 37.5. The number of rotatable bonds is 3. The van der Waals surface area contributed by atoms with Crippen LogP contribution < -0.4 is 5.32 Å². The van der Waals surface area contributed by atoms with Gasteiger partial charge in [0.2, 0.25) is 11.8 Å². The number of amides is 4. The summed E-state index contributed by atoms with van der Waals surface area (Å²) in [6.07, 6.45) is 2.96. The van der Waals surface area contributed by atoms with Crippen LogP contribution in [0.25, 0.3) is 0 Å². The molecular weight excluding hydrogens is 222 g/mol. The Morgan fingerprint density at radius 1 is 1.29 bits per heavy atom. The highest BCUT2D eigenvalue weighted by molar-refractivity contribution is 6.02. The van der Waals surface area contributed by atoms with Crippen LogP contribution in [0.1, 0.15) is 19.3 Å². The largest absolute Gasteiger partial charge is 0.338 e. The summed E-state index contributed by atoms with van der Waals surface area (Å²) in [5, 5.41) is 2.49. The van der Waals surface area contributed by atoms with Crippen LogP contribution in [0, 0.1) is 5.92 Å². The monoisotopic (exact) mass is 237 g/mol. The fourth-order valence-electron chi connectivity index (χ4n) is 2.32. The van der Waals surface area contributed by atoms with Crippen molar-refractivity contribution in [2.45, 2.75) is 25.3 Å². The molecule has 1 N–H and O–H groups in total. The zero-order chi connectivity index (χ0) is 12.0. The number of likely N-dealkylation sites (tertiary alicyclic amines) is 1. The molecule has 6 nitrogen and oxygen atoms in total. The SMILES string of the molecule is O=C(CC1CC1)N1CC(N2C(=O)CNC2=O)C1. The summed E-state index contributed by atoms with van der Waals surface area (Å²) in [7, 11) is 0. The second-order valence-electron chi connectivity index (χ2n) is 5.02. The van der Waals surface area contributed by atoms with Crippen molar-refractivity contribution in [1.82, 2.24) is 15.1 Å². The van der Waals surface area contributed by atoms with Crippen LogP contribution in [0.3, 0.4) is 0 Å². The predicted octanol–water partition coefficient (Wildman–Crippen LogP) is -0.451. The molecular formula is C11H15N3O3. The fraction of sp³-hybridized carbons (Fsp3) is 0.727. The van der Waals surface area contributed by atoms with Crippen LogP contribution in [0.2, 0.25) is 0 Å². The third kappa shape index (κ3) is 1.87. The molecule has 17 heavy (non-hydrogen) atoms. The van der Waals surface area contributed by atoms with E-state index in [1.807, 2.05) is 0 Å². The summed E-state index contributed by atoms with van der Waals surface area (Å²) < 4.78 is 0. The minimum atomic E-state index is -0.325. The normalized spacial score (nSPS) is 24.9. The maximum Gasteiger partial charge on any atom is 0.324 e. The number of carbonyl (C=O) groups excluding carboxylic acids is 3. The van der Waals surface area contributed by atoms with Crippen LogP contribution in [0.4, 0.5) is 4.79 Å². The summed E-state index contributed by atoms with van der Waals surface area (Å²) >= 11 is 0. The smallest absolute Gasteiger partial charge is 0.324 e. The number of urea groups is 1. The van der Waals surface area contributed by atoms with Gasteiger partial charge in [-0.3, -0.25) is 14.5 Å². The topological polar surface area (TPSA) is 69.7 Å². The molecule has 1 aliphatic carbocycles. The van der Waals surface area contributed by atoms with E-state index in [0.717, 1.165) is 12.8 Å². The van der Waals surface area contributed by atoms with E-state index in [2.05, 4.69) is 5.32 Å². The standard InChI is InChI=1S/C11H15N3O3/c15-9(3-7-1-2-7)13-5-8(6-13)14-10(16)4-12-11(14)17/h7-8H,1-6H2,(H,12,17). The van der Waals surface area contributed by atoms with Gasteiger partial charge in [-0.15, -0.1) is 0 Å². The van der Waals surface area contributed by atoms with Crippen molar-refractivity contribution in [3.8, 4) is 0 Å². The molecule has 0 aromatic rings. The Balaban J connectivity index is 1.51. The molecule has 0 unspecified atom stereocenters. The van der Waals surface area contributed by atoms with Gasteiger partial charge in [-0.2, -0.15) is 0 Å². The number of carbonyl (C=O) groups is 3. The molecule has 0 aromatic heterocycles. The average Bonchev–Trinajstić information content (AvgIpc) is 2.96. The first kappa shape index (κ1) is 10.6. The van der Waals surface area contributed by atoms with Gasteiger partial charge in [-0.25, -0.2) is 4.79 Å². The van der Waals surface area contributed by atoms with Crippen molar-refractivity contribution >= 4 is 17.8 Å². The number of nitrogens with zero attached hydrogens (tertiary/aromatic N) is 2. The van der Waals surface area contributed by atoms with Gasteiger partial charge in [0.15, 0.2) is 0 Å². The zero-order valence-electron chi connectivity index (χ0n) is 9.52. The third-order valence-electron chi connectivity index (χ3n) is 3.62. The summed E-state index contributed by atoms with van der Waals surface area (Å²) in [6.45, 7) is 1.10. The Morgan fingerprint density at radius 2 is 2.00 bits per heavy atom. The molecule has 92 valence electrons. The van der Waals surface area contributed by atoms with Crippen molar-refractivity contribution in [2.24, 2.45) is 5.92 Å². The van der Waals surface area contributed by atoms with E-state index >= 15 is 0 Å². The van der Waals surface area contributed by atoms with Crippen LogP contribution in [-0.2, 0) is 9.59 Å². The predicted molar refractivity (Wildman–Crippen MR) is 58.0 cm³/mol. The first-order valence-corrected chi connectivity index (χ1v) is 6.03. The highest BCUT2D eigenvalue weighted by Crippen LogP contribution is 2.33. The summed E-state index contributed by atoms with van der Waals surface area (Å²) in [5.41, 5.74) is 0. The van der Waals surface area contributed by atoms with Crippen LogP contribution in [-0.4, -0.2) is 53.3 Å². The van der Waals surface area contributed by atoms with E-state index in [0.29, 0.717) is 25.4 Å². The number of nitrogens with one attached hydrogen (secondary N) is 1. The molecule has 3 rings (SSSR count). The first-order chi connectivity index (χ1) is 8.15. The Hall–Kier alpha value is -1.59. The van der Waals surface area contributed by atoms with Crippen molar-refractivity contribution in [3.05, 3.63) is 0 Å². The molecule has 3 aliphatic rings. The molecule has 3 fully saturated rings. The minimum Gasteiger partial charge on any atom is -0.338 e. The fourth-order valence-corrected chi connectivity index (χ4v) is 2.32. The Bertz CT molecular complexity index is 369.